The second-order valence-electron chi connectivity index (χ2n) is 6.15. The molecule has 2 aromatic rings. The van der Waals surface area contributed by atoms with Crippen molar-refractivity contribution in [1.82, 2.24) is 14.8 Å². The third-order valence-electron chi connectivity index (χ3n) is 4.45. The molecule has 2 heterocycles. The van der Waals surface area contributed by atoms with Gasteiger partial charge in [0.15, 0.2) is 0 Å². The molecule has 1 aromatic carbocycles. The number of hydrogen-bond donors (Lipinski definition) is 1. The lowest BCUT2D eigenvalue weighted by Gasteiger charge is -2.09. The minimum absolute atomic E-state index is 0.233. The van der Waals surface area contributed by atoms with Gasteiger partial charge in [0.2, 0.25) is 0 Å². The largest absolute Gasteiger partial charge is 0.401 e. The number of nitrogens with zero attached hydrogens (tertiary/aromatic N) is 2. The van der Waals surface area contributed by atoms with Crippen molar-refractivity contribution < 1.29 is 13.2 Å². The van der Waals surface area contributed by atoms with Crippen molar-refractivity contribution in [2.45, 2.75) is 32.7 Å². The zero-order chi connectivity index (χ0) is 16.1. The Morgan fingerprint density at radius 1 is 1.14 bits per heavy atom. The lowest BCUT2D eigenvalue weighted by molar-refractivity contribution is -0.125. The molecule has 1 aromatic heterocycles. The van der Waals surface area contributed by atoms with Gasteiger partial charge in [0, 0.05) is 43.3 Å². The van der Waals surface area contributed by atoms with E-state index in [1.165, 1.54) is 11.1 Å². The second kappa shape index (κ2) is 5.28. The monoisotopic (exact) mass is 311 g/mol. The van der Waals surface area contributed by atoms with E-state index in [9.17, 15) is 13.2 Å². The molecule has 0 spiro atoms. The Morgan fingerprint density at radius 2 is 1.77 bits per heavy atom. The van der Waals surface area contributed by atoms with Crippen LogP contribution in [0.4, 0.5) is 13.2 Å². The van der Waals surface area contributed by atoms with E-state index >= 15 is 0 Å². The van der Waals surface area contributed by atoms with E-state index in [4.69, 9.17) is 0 Å². The van der Waals surface area contributed by atoms with Crippen molar-refractivity contribution >= 4 is 10.9 Å². The van der Waals surface area contributed by atoms with Crippen LogP contribution in [0.25, 0.3) is 10.9 Å². The average molecular weight is 311 g/mol. The molecule has 0 radical (unpaired) electrons. The number of nitrogens with one attached hydrogen (secondary N) is 1. The maximum absolute atomic E-state index is 12.3. The molecule has 0 bridgehead atoms. The fourth-order valence-electron chi connectivity index (χ4n) is 3.26. The van der Waals surface area contributed by atoms with Gasteiger partial charge >= 0.3 is 6.18 Å². The molecule has 0 atom stereocenters. The number of fused-ring (bicyclic) bond motifs is 2. The van der Waals surface area contributed by atoms with E-state index in [1.54, 1.807) is 0 Å². The number of halogens is 3. The van der Waals surface area contributed by atoms with Crippen LogP contribution in [0.3, 0.4) is 0 Å². The van der Waals surface area contributed by atoms with Crippen molar-refractivity contribution in [2.24, 2.45) is 7.05 Å². The second-order valence-corrected chi connectivity index (χ2v) is 6.15. The molecule has 0 saturated carbocycles. The molecule has 1 aliphatic heterocycles. The van der Waals surface area contributed by atoms with Crippen LogP contribution in [-0.2, 0) is 26.7 Å². The third-order valence-corrected chi connectivity index (χ3v) is 4.45. The number of aromatic nitrogens is 1. The summed E-state index contributed by atoms with van der Waals surface area (Å²) in [6, 6.07) is 4.32. The van der Waals surface area contributed by atoms with Crippen molar-refractivity contribution in [1.29, 1.82) is 0 Å². The topological polar surface area (TPSA) is 20.2 Å². The number of aryl methyl sites for hydroxylation is 1. The van der Waals surface area contributed by atoms with Crippen LogP contribution < -0.4 is 5.32 Å². The maximum Gasteiger partial charge on any atom is 0.401 e. The fourth-order valence-corrected chi connectivity index (χ4v) is 3.26. The Hall–Kier alpha value is -1.53. The standard InChI is InChI=1S/C16H20F3N3/c1-10-14(6-20-9-16(17,18)19)13-4-11-7-21(2)8-12(11)5-15(13)22(10)3/h4-5,20H,6-9H2,1-3H3. The summed E-state index contributed by atoms with van der Waals surface area (Å²) in [6.07, 6.45) is -4.18. The molecule has 1 N–H and O–H groups in total. The van der Waals surface area contributed by atoms with Crippen LogP contribution in [-0.4, -0.2) is 29.2 Å². The van der Waals surface area contributed by atoms with Crippen LogP contribution >= 0.6 is 0 Å². The van der Waals surface area contributed by atoms with Crippen LogP contribution in [0.2, 0.25) is 0 Å². The smallest absolute Gasteiger partial charge is 0.348 e. The minimum Gasteiger partial charge on any atom is -0.348 e. The predicted octanol–water partition coefficient (Wildman–Crippen LogP) is 3.08. The Bertz CT molecular complexity index is 716. The average Bonchev–Trinajstić information content (AvgIpc) is 2.87. The van der Waals surface area contributed by atoms with E-state index in [0.29, 0.717) is 0 Å². The normalized spacial score (nSPS) is 15.7. The molecule has 22 heavy (non-hydrogen) atoms. The van der Waals surface area contributed by atoms with Gasteiger partial charge in [-0.25, -0.2) is 0 Å². The summed E-state index contributed by atoms with van der Waals surface area (Å²) in [7, 11) is 4.04. The Balaban J connectivity index is 1.96. The van der Waals surface area contributed by atoms with Crippen LogP contribution in [0.15, 0.2) is 12.1 Å². The van der Waals surface area contributed by atoms with Gasteiger partial charge in [-0.2, -0.15) is 13.2 Å². The highest BCUT2D eigenvalue weighted by Gasteiger charge is 2.27. The molecule has 0 amide bonds. The molecule has 1 aliphatic rings. The van der Waals surface area contributed by atoms with Crippen molar-refractivity contribution in [3.63, 3.8) is 0 Å². The molecular weight excluding hydrogens is 291 g/mol. The SMILES string of the molecule is Cc1c(CNCC(F)(F)F)c2cc3c(cc2n1C)CN(C)C3. The van der Waals surface area contributed by atoms with Crippen molar-refractivity contribution in [2.75, 3.05) is 13.6 Å². The van der Waals surface area contributed by atoms with E-state index in [1.807, 2.05) is 14.0 Å². The molecule has 6 heteroatoms. The first-order valence-corrected chi connectivity index (χ1v) is 7.32. The summed E-state index contributed by atoms with van der Waals surface area (Å²) in [4.78, 5) is 2.23. The van der Waals surface area contributed by atoms with E-state index in [2.05, 4.69) is 34.0 Å². The van der Waals surface area contributed by atoms with E-state index < -0.39 is 12.7 Å². The first kappa shape index (κ1) is 15.4. The van der Waals surface area contributed by atoms with Crippen LogP contribution in [0, 0.1) is 6.92 Å². The number of hydrogen-bond acceptors (Lipinski definition) is 2. The van der Waals surface area contributed by atoms with Gasteiger partial charge < -0.3 is 9.88 Å². The minimum atomic E-state index is -4.18. The van der Waals surface area contributed by atoms with Crippen molar-refractivity contribution in [3.8, 4) is 0 Å². The summed E-state index contributed by atoms with van der Waals surface area (Å²) >= 11 is 0. The lowest BCUT2D eigenvalue weighted by Crippen LogP contribution is -2.28. The van der Waals surface area contributed by atoms with Gasteiger partial charge in [0.05, 0.1) is 6.54 Å². The molecule has 0 aliphatic carbocycles. The van der Waals surface area contributed by atoms with Crippen LogP contribution in [0.5, 0.6) is 0 Å². The highest BCUT2D eigenvalue weighted by atomic mass is 19.4. The van der Waals surface area contributed by atoms with Gasteiger partial charge in [-0.1, -0.05) is 0 Å². The Labute approximate surface area is 127 Å². The van der Waals surface area contributed by atoms with Crippen LogP contribution in [0.1, 0.15) is 22.4 Å². The number of alkyl halides is 3. The fraction of sp³-hybridized carbons (Fsp3) is 0.500. The molecular formula is C16H20F3N3. The Kier molecular flexibility index (Phi) is 3.69. The molecule has 0 saturated heterocycles. The zero-order valence-electron chi connectivity index (χ0n) is 13.0. The molecule has 3 rings (SSSR count). The van der Waals surface area contributed by atoms with E-state index in [-0.39, 0.29) is 6.54 Å². The number of benzene rings is 1. The summed E-state index contributed by atoms with van der Waals surface area (Å²) < 4.78 is 39.1. The highest BCUT2D eigenvalue weighted by Crippen LogP contribution is 2.31. The molecule has 0 fully saturated rings. The summed E-state index contributed by atoms with van der Waals surface area (Å²) in [6.45, 7) is 3.06. The lowest BCUT2D eigenvalue weighted by atomic mass is 10.0. The molecule has 0 unspecified atom stereocenters. The summed E-state index contributed by atoms with van der Waals surface area (Å²) in [5, 5.41) is 3.57. The Morgan fingerprint density at radius 3 is 2.41 bits per heavy atom. The maximum atomic E-state index is 12.3. The highest BCUT2D eigenvalue weighted by molar-refractivity contribution is 5.87. The first-order valence-electron chi connectivity index (χ1n) is 7.32. The van der Waals surface area contributed by atoms with Gasteiger partial charge in [-0.15, -0.1) is 0 Å². The van der Waals surface area contributed by atoms with E-state index in [0.717, 1.165) is 35.2 Å². The molecule has 120 valence electrons. The first-order chi connectivity index (χ1) is 10.3. The number of rotatable bonds is 3. The quantitative estimate of drug-likeness (QED) is 0.940. The van der Waals surface area contributed by atoms with Gasteiger partial charge in [0.1, 0.15) is 0 Å². The van der Waals surface area contributed by atoms with Gasteiger partial charge in [-0.05, 0) is 42.8 Å². The zero-order valence-corrected chi connectivity index (χ0v) is 13.0. The van der Waals surface area contributed by atoms with Gasteiger partial charge in [0.25, 0.3) is 0 Å². The molecule has 3 nitrogen and oxygen atoms in total. The summed E-state index contributed by atoms with van der Waals surface area (Å²) in [5.74, 6) is 0. The predicted molar refractivity (Wildman–Crippen MR) is 80.6 cm³/mol. The van der Waals surface area contributed by atoms with Crippen molar-refractivity contribution in [3.05, 3.63) is 34.5 Å². The third kappa shape index (κ3) is 2.73. The van der Waals surface area contributed by atoms with Gasteiger partial charge in [-0.3, -0.25) is 4.90 Å². The summed E-state index contributed by atoms with van der Waals surface area (Å²) in [5.41, 5.74) is 5.65.